The Morgan fingerprint density at radius 2 is 1.72 bits per heavy atom. The number of aromatic nitrogens is 3. The zero-order chi connectivity index (χ0) is 21.0. The normalized spacial score (nSPS) is 14.5. The molecule has 1 amide bonds. The number of nitrogens with zero attached hydrogens (tertiary/aromatic N) is 5. The van der Waals surface area contributed by atoms with E-state index in [4.69, 9.17) is 21.1 Å². The molecule has 10 heteroatoms. The highest BCUT2D eigenvalue weighted by Crippen LogP contribution is 2.21. The Kier molecular flexibility index (Phi) is 6.26. The van der Waals surface area contributed by atoms with E-state index in [1.54, 1.807) is 12.0 Å². The van der Waals surface area contributed by atoms with Crippen molar-refractivity contribution in [2.75, 3.05) is 43.5 Å². The molecule has 2 heterocycles. The van der Waals surface area contributed by atoms with Crippen LogP contribution in [0.3, 0.4) is 0 Å². The Balaban J connectivity index is 1.65. The quantitative estimate of drug-likeness (QED) is 0.805. The van der Waals surface area contributed by atoms with Crippen molar-refractivity contribution in [1.82, 2.24) is 19.9 Å². The van der Waals surface area contributed by atoms with Gasteiger partial charge in [-0.2, -0.15) is 15.0 Å². The van der Waals surface area contributed by atoms with Crippen LogP contribution in [0.25, 0.3) is 0 Å². The topological polar surface area (TPSA) is 92.7 Å². The molecule has 1 fully saturated rings. The van der Waals surface area contributed by atoms with Gasteiger partial charge in [-0.25, -0.2) is 4.79 Å². The Morgan fingerprint density at radius 1 is 1.07 bits per heavy atom. The third-order valence-electron chi connectivity index (χ3n) is 4.16. The molecule has 1 aliphatic heterocycles. The Labute approximate surface area is 175 Å². The van der Waals surface area contributed by atoms with Crippen molar-refractivity contribution in [1.29, 1.82) is 0 Å². The summed E-state index contributed by atoms with van der Waals surface area (Å²) in [6.07, 6.45) is -0.312. The van der Waals surface area contributed by atoms with Gasteiger partial charge in [0.1, 0.15) is 11.4 Å². The molecule has 0 saturated carbocycles. The average molecular weight is 421 g/mol. The van der Waals surface area contributed by atoms with Gasteiger partial charge in [0.2, 0.25) is 17.2 Å². The second-order valence-corrected chi connectivity index (χ2v) is 7.87. The first kappa shape index (κ1) is 20.9. The number of amides is 1. The Hall–Kier alpha value is -2.81. The number of carbonyl (C=O) groups is 1. The van der Waals surface area contributed by atoms with Crippen LogP contribution in [0.4, 0.5) is 22.4 Å². The van der Waals surface area contributed by atoms with Crippen LogP contribution in [0.5, 0.6) is 5.75 Å². The predicted octanol–water partition coefficient (Wildman–Crippen LogP) is 3.33. The smallest absolute Gasteiger partial charge is 0.410 e. The van der Waals surface area contributed by atoms with Gasteiger partial charge in [-0.15, -0.1) is 0 Å². The molecule has 1 aromatic heterocycles. The molecule has 0 radical (unpaired) electrons. The molecule has 1 aliphatic rings. The second kappa shape index (κ2) is 8.69. The highest BCUT2D eigenvalue weighted by Gasteiger charge is 2.27. The molecule has 3 rings (SSSR count). The first-order chi connectivity index (χ1) is 13.7. The van der Waals surface area contributed by atoms with Crippen LogP contribution < -0.4 is 15.0 Å². The van der Waals surface area contributed by atoms with E-state index in [1.165, 1.54) is 0 Å². The van der Waals surface area contributed by atoms with Gasteiger partial charge in [-0.1, -0.05) is 0 Å². The van der Waals surface area contributed by atoms with Gasteiger partial charge in [0, 0.05) is 31.9 Å². The SMILES string of the molecule is COc1ccc(Nc2nc(Cl)nc(N3CCN(C(=O)OC(C)(C)C)CC3)n2)cc1. The van der Waals surface area contributed by atoms with Crippen LogP contribution in [-0.2, 0) is 4.74 Å². The first-order valence-corrected chi connectivity index (χ1v) is 9.67. The van der Waals surface area contributed by atoms with Crippen LogP contribution in [0, 0.1) is 0 Å². The van der Waals surface area contributed by atoms with Gasteiger partial charge in [0.05, 0.1) is 7.11 Å². The van der Waals surface area contributed by atoms with Crippen LogP contribution in [0.1, 0.15) is 20.8 Å². The lowest BCUT2D eigenvalue weighted by Gasteiger charge is -2.35. The lowest BCUT2D eigenvalue weighted by atomic mass is 10.2. The number of anilines is 3. The predicted molar refractivity (Wildman–Crippen MR) is 111 cm³/mol. The number of methoxy groups -OCH3 is 1. The number of hydrogen-bond acceptors (Lipinski definition) is 8. The summed E-state index contributed by atoms with van der Waals surface area (Å²) in [5, 5.41) is 3.21. The van der Waals surface area contributed by atoms with Crippen LogP contribution in [-0.4, -0.2) is 64.8 Å². The van der Waals surface area contributed by atoms with Crippen LogP contribution >= 0.6 is 11.6 Å². The summed E-state index contributed by atoms with van der Waals surface area (Å²) in [5.41, 5.74) is 0.284. The van der Waals surface area contributed by atoms with Crippen LogP contribution in [0.15, 0.2) is 24.3 Å². The monoisotopic (exact) mass is 420 g/mol. The van der Waals surface area contributed by atoms with Crippen LogP contribution in [0.2, 0.25) is 5.28 Å². The van der Waals surface area contributed by atoms with Crippen molar-refractivity contribution in [2.24, 2.45) is 0 Å². The zero-order valence-corrected chi connectivity index (χ0v) is 17.7. The summed E-state index contributed by atoms with van der Waals surface area (Å²) in [6, 6.07) is 7.38. The fourth-order valence-electron chi connectivity index (χ4n) is 2.76. The molecule has 9 nitrogen and oxygen atoms in total. The van der Waals surface area contributed by atoms with E-state index in [2.05, 4.69) is 20.3 Å². The summed E-state index contributed by atoms with van der Waals surface area (Å²) >= 11 is 6.10. The van der Waals surface area contributed by atoms with Gasteiger partial charge in [-0.05, 0) is 56.6 Å². The molecule has 1 aromatic carbocycles. The summed E-state index contributed by atoms with van der Waals surface area (Å²) < 4.78 is 10.6. The molecule has 2 aromatic rings. The number of hydrogen-bond donors (Lipinski definition) is 1. The van der Waals surface area contributed by atoms with E-state index < -0.39 is 5.60 Å². The van der Waals surface area contributed by atoms with Gasteiger partial charge < -0.3 is 24.6 Å². The van der Waals surface area contributed by atoms with Crippen molar-refractivity contribution in [3.05, 3.63) is 29.5 Å². The van der Waals surface area contributed by atoms with Gasteiger partial charge in [0.15, 0.2) is 0 Å². The summed E-state index contributed by atoms with van der Waals surface area (Å²) in [5.74, 6) is 1.57. The molecular weight excluding hydrogens is 396 g/mol. The van der Waals surface area contributed by atoms with Gasteiger partial charge in [-0.3, -0.25) is 0 Å². The van der Waals surface area contributed by atoms with E-state index in [0.29, 0.717) is 38.1 Å². The fourth-order valence-corrected chi connectivity index (χ4v) is 2.91. The first-order valence-electron chi connectivity index (χ1n) is 9.29. The summed E-state index contributed by atoms with van der Waals surface area (Å²) in [7, 11) is 1.61. The third kappa shape index (κ3) is 5.83. The van der Waals surface area contributed by atoms with Crippen molar-refractivity contribution >= 4 is 35.3 Å². The summed E-state index contributed by atoms with van der Waals surface area (Å²) in [4.78, 5) is 28.7. The minimum Gasteiger partial charge on any atom is -0.497 e. The molecule has 1 N–H and O–H groups in total. The maximum Gasteiger partial charge on any atom is 0.410 e. The van der Waals surface area contributed by atoms with E-state index in [1.807, 2.05) is 49.9 Å². The van der Waals surface area contributed by atoms with E-state index in [-0.39, 0.29) is 11.4 Å². The molecule has 0 bridgehead atoms. The molecular formula is C19H25ClN6O3. The van der Waals surface area contributed by atoms with Crippen molar-refractivity contribution in [3.8, 4) is 5.75 Å². The highest BCUT2D eigenvalue weighted by molar-refractivity contribution is 6.28. The van der Waals surface area contributed by atoms with Crippen molar-refractivity contribution in [3.63, 3.8) is 0 Å². The average Bonchev–Trinajstić information content (AvgIpc) is 2.67. The lowest BCUT2D eigenvalue weighted by molar-refractivity contribution is 0.0240. The molecule has 0 unspecified atom stereocenters. The Bertz CT molecular complexity index is 848. The van der Waals surface area contributed by atoms with Crippen molar-refractivity contribution in [2.45, 2.75) is 26.4 Å². The number of halogens is 1. The van der Waals surface area contributed by atoms with E-state index in [0.717, 1.165) is 11.4 Å². The Morgan fingerprint density at radius 3 is 2.31 bits per heavy atom. The molecule has 0 spiro atoms. The fraction of sp³-hybridized carbons (Fsp3) is 0.474. The van der Waals surface area contributed by atoms with E-state index >= 15 is 0 Å². The zero-order valence-electron chi connectivity index (χ0n) is 17.0. The van der Waals surface area contributed by atoms with Gasteiger partial charge in [0.25, 0.3) is 0 Å². The summed E-state index contributed by atoms with van der Waals surface area (Å²) in [6.45, 7) is 7.73. The number of benzene rings is 1. The third-order valence-corrected chi connectivity index (χ3v) is 4.33. The minimum absolute atomic E-state index is 0.0978. The number of ether oxygens (including phenoxy) is 2. The maximum absolute atomic E-state index is 12.2. The molecule has 1 saturated heterocycles. The van der Waals surface area contributed by atoms with Gasteiger partial charge >= 0.3 is 6.09 Å². The second-order valence-electron chi connectivity index (χ2n) is 7.54. The van der Waals surface area contributed by atoms with E-state index in [9.17, 15) is 4.79 Å². The molecule has 156 valence electrons. The number of piperazine rings is 1. The molecule has 0 atom stereocenters. The highest BCUT2D eigenvalue weighted by atomic mass is 35.5. The molecule has 0 aliphatic carbocycles. The maximum atomic E-state index is 12.2. The number of carbonyl (C=O) groups excluding carboxylic acids is 1. The standard InChI is InChI=1S/C19H25ClN6O3/c1-19(2,3)29-18(27)26-11-9-25(10-12-26)17-23-15(20)22-16(24-17)21-13-5-7-14(28-4)8-6-13/h5-8H,9-12H2,1-4H3,(H,21,22,23,24). The largest absolute Gasteiger partial charge is 0.497 e. The molecule has 29 heavy (non-hydrogen) atoms. The minimum atomic E-state index is -0.516. The van der Waals surface area contributed by atoms with Crippen molar-refractivity contribution < 1.29 is 14.3 Å². The number of nitrogens with one attached hydrogen (secondary N) is 1. The number of rotatable bonds is 4. The lowest BCUT2D eigenvalue weighted by Crippen LogP contribution is -2.50.